The van der Waals surface area contributed by atoms with Gasteiger partial charge in [0.1, 0.15) is 0 Å². The maximum Gasteiger partial charge on any atom is 0.0320 e. The van der Waals surface area contributed by atoms with E-state index in [2.05, 4.69) is 59.4 Å². The highest BCUT2D eigenvalue weighted by atomic mass is 79.9. The molecule has 1 aromatic carbocycles. The molecule has 1 nitrogen and oxygen atoms in total. The van der Waals surface area contributed by atoms with Crippen molar-refractivity contribution in [2.45, 2.75) is 51.6 Å². The Morgan fingerprint density at radius 2 is 2.24 bits per heavy atom. The fraction of sp³-hybridized carbons (Fsp3) is 0.600. The highest BCUT2D eigenvalue weighted by molar-refractivity contribution is 9.10. The molecule has 17 heavy (non-hydrogen) atoms. The van der Waals surface area contributed by atoms with Crippen molar-refractivity contribution in [2.24, 2.45) is 5.92 Å². The van der Waals surface area contributed by atoms with Crippen LogP contribution in [0.25, 0.3) is 0 Å². The highest BCUT2D eigenvalue weighted by Crippen LogP contribution is 2.28. The Hall–Kier alpha value is -0.340. The Labute approximate surface area is 113 Å². The zero-order valence-corrected chi connectivity index (χ0v) is 12.3. The van der Waals surface area contributed by atoms with Gasteiger partial charge in [0.25, 0.3) is 0 Å². The Morgan fingerprint density at radius 3 is 2.82 bits per heavy atom. The summed E-state index contributed by atoms with van der Waals surface area (Å²) in [6.45, 7) is 4.62. The van der Waals surface area contributed by atoms with Gasteiger partial charge in [0, 0.05) is 16.6 Å². The molecule has 0 saturated heterocycles. The topological polar surface area (TPSA) is 12.0 Å². The van der Waals surface area contributed by atoms with Crippen LogP contribution in [0.2, 0.25) is 0 Å². The molecule has 1 saturated carbocycles. The van der Waals surface area contributed by atoms with Gasteiger partial charge >= 0.3 is 0 Å². The van der Waals surface area contributed by atoms with Crippen LogP contribution in [0.3, 0.4) is 0 Å². The van der Waals surface area contributed by atoms with Gasteiger partial charge in [-0.2, -0.15) is 0 Å². The first-order valence-electron chi connectivity index (χ1n) is 6.70. The van der Waals surface area contributed by atoms with E-state index in [0.717, 1.165) is 12.3 Å². The van der Waals surface area contributed by atoms with Gasteiger partial charge in [0.05, 0.1) is 0 Å². The first-order valence-corrected chi connectivity index (χ1v) is 7.50. The Kier molecular flexibility index (Phi) is 4.63. The summed E-state index contributed by atoms with van der Waals surface area (Å²) in [6, 6.07) is 9.90. The van der Waals surface area contributed by atoms with Crippen molar-refractivity contribution < 1.29 is 0 Å². The van der Waals surface area contributed by atoms with Crippen LogP contribution in [-0.2, 0) is 0 Å². The van der Waals surface area contributed by atoms with Crippen LogP contribution < -0.4 is 5.32 Å². The van der Waals surface area contributed by atoms with Gasteiger partial charge in [-0.15, -0.1) is 0 Å². The minimum atomic E-state index is 0.503. The fourth-order valence-electron chi connectivity index (χ4n) is 2.82. The van der Waals surface area contributed by atoms with Crippen LogP contribution in [0.1, 0.15) is 51.1 Å². The number of hydrogen-bond donors (Lipinski definition) is 1. The molecule has 2 heteroatoms. The van der Waals surface area contributed by atoms with Gasteiger partial charge in [-0.1, -0.05) is 41.9 Å². The third kappa shape index (κ3) is 3.56. The van der Waals surface area contributed by atoms with Gasteiger partial charge in [0.2, 0.25) is 0 Å². The summed E-state index contributed by atoms with van der Waals surface area (Å²) in [5.41, 5.74) is 1.40. The van der Waals surface area contributed by atoms with E-state index in [-0.39, 0.29) is 0 Å². The van der Waals surface area contributed by atoms with Crippen molar-refractivity contribution in [2.75, 3.05) is 0 Å². The van der Waals surface area contributed by atoms with Gasteiger partial charge in [-0.05, 0) is 49.3 Å². The van der Waals surface area contributed by atoms with Crippen LogP contribution in [0.15, 0.2) is 28.7 Å². The second-order valence-corrected chi connectivity index (χ2v) is 6.21. The first kappa shape index (κ1) is 13.1. The Bertz CT molecular complexity index is 364. The molecular weight excluding hydrogens is 274 g/mol. The van der Waals surface area contributed by atoms with E-state index in [1.54, 1.807) is 0 Å². The molecule has 0 aliphatic heterocycles. The quantitative estimate of drug-likeness (QED) is 0.850. The Morgan fingerprint density at radius 1 is 1.41 bits per heavy atom. The lowest BCUT2D eigenvalue weighted by Crippen LogP contribution is -2.30. The molecule has 2 rings (SSSR count). The molecule has 0 heterocycles. The normalized spacial score (nSPS) is 26.1. The zero-order valence-electron chi connectivity index (χ0n) is 10.7. The van der Waals surface area contributed by atoms with Crippen molar-refractivity contribution in [1.29, 1.82) is 0 Å². The predicted molar refractivity (Wildman–Crippen MR) is 77.1 cm³/mol. The number of halogens is 1. The summed E-state index contributed by atoms with van der Waals surface area (Å²) in [5.74, 6) is 0.896. The van der Waals surface area contributed by atoms with Gasteiger partial charge in [-0.3, -0.25) is 0 Å². The second-order valence-electron chi connectivity index (χ2n) is 5.30. The van der Waals surface area contributed by atoms with E-state index in [9.17, 15) is 0 Å². The largest absolute Gasteiger partial charge is 0.307 e. The third-order valence-corrected chi connectivity index (χ3v) is 4.28. The lowest BCUT2D eigenvalue weighted by Gasteiger charge is -2.22. The van der Waals surface area contributed by atoms with E-state index in [1.165, 1.54) is 29.3 Å². The number of benzene rings is 1. The molecule has 0 bridgehead atoms. The Balaban J connectivity index is 2.01. The lowest BCUT2D eigenvalue weighted by molar-refractivity contribution is 0.421. The molecule has 0 radical (unpaired) electrons. The number of rotatable bonds is 4. The number of nitrogens with one attached hydrogen (secondary N) is 1. The van der Waals surface area contributed by atoms with Crippen LogP contribution in [0.5, 0.6) is 0 Å². The summed E-state index contributed by atoms with van der Waals surface area (Å²) in [7, 11) is 0. The van der Waals surface area contributed by atoms with Crippen molar-refractivity contribution in [3.05, 3.63) is 34.3 Å². The molecule has 0 amide bonds. The van der Waals surface area contributed by atoms with Crippen molar-refractivity contribution in [3.63, 3.8) is 0 Å². The van der Waals surface area contributed by atoms with E-state index < -0.39 is 0 Å². The molecule has 1 aromatic rings. The molecule has 1 fully saturated rings. The third-order valence-electron chi connectivity index (χ3n) is 3.79. The van der Waals surface area contributed by atoms with Crippen molar-refractivity contribution >= 4 is 15.9 Å². The highest BCUT2D eigenvalue weighted by Gasteiger charge is 2.23. The average molecular weight is 296 g/mol. The molecule has 3 atom stereocenters. The van der Waals surface area contributed by atoms with Crippen LogP contribution in [-0.4, -0.2) is 6.04 Å². The fourth-order valence-corrected chi connectivity index (χ4v) is 3.23. The molecule has 1 N–H and O–H groups in total. The summed E-state index contributed by atoms with van der Waals surface area (Å²) >= 11 is 3.55. The van der Waals surface area contributed by atoms with Crippen LogP contribution in [0.4, 0.5) is 0 Å². The second kappa shape index (κ2) is 6.01. The smallest absolute Gasteiger partial charge is 0.0320 e. The molecule has 1 aliphatic carbocycles. The molecular formula is C15H22BrN. The van der Waals surface area contributed by atoms with E-state index in [4.69, 9.17) is 0 Å². The minimum Gasteiger partial charge on any atom is -0.307 e. The lowest BCUT2D eigenvalue weighted by atomic mass is 10.0. The summed E-state index contributed by atoms with van der Waals surface area (Å²) in [6.07, 6.45) is 5.21. The van der Waals surface area contributed by atoms with E-state index in [1.807, 2.05) is 0 Å². The monoisotopic (exact) mass is 295 g/mol. The maximum atomic E-state index is 3.82. The standard InChI is InChI=1S/C15H22BrN/c1-3-15(12-5-4-6-13(16)10-12)17-14-8-7-11(2)9-14/h4-6,10-11,14-15,17H,3,7-9H2,1-2H3. The molecule has 1 aliphatic rings. The van der Waals surface area contributed by atoms with Gasteiger partial charge in [0.15, 0.2) is 0 Å². The van der Waals surface area contributed by atoms with Gasteiger partial charge < -0.3 is 5.32 Å². The number of hydrogen-bond acceptors (Lipinski definition) is 1. The van der Waals surface area contributed by atoms with Crippen molar-refractivity contribution in [1.82, 2.24) is 5.32 Å². The SMILES string of the molecule is CCC(NC1CCC(C)C1)c1cccc(Br)c1. The molecule has 3 unspecified atom stereocenters. The van der Waals surface area contributed by atoms with Crippen LogP contribution in [0, 0.1) is 5.92 Å². The summed E-state index contributed by atoms with van der Waals surface area (Å²) in [4.78, 5) is 0. The molecule has 94 valence electrons. The average Bonchev–Trinajstić information content (AvgIpc) is 2.72. The van der Waals surface area contributed by atoms with E-state index >= 15 is 0 Å². The summed E-state index contributed by atoms with van der Waals surface area (Å²) < 4.78 is 1.18. The maximum absolute atomic E-state index is 3.82. The van der Waals surface area contributed by atoms with Crippen LogP contribution >= 0.6 is 15.9 Å². The zero-order chi connectivity index (χ0) is 12.3. The predicted octanol–water partition coefficient (Wildman–Crippen LogP) is 4.68. The summed E-state index contributed by atoms with van der Waals surface area (Å²) in [5, 5.41) is 3.82. The van der Waals surface area contributed by atoms with Crippen molar-refractivity contribution in [3.8, 4) is 0 Å². The minimum absolute atomic E-state index is 0.503. The molecule has 0 aromatic heterocycles. The molecule has 0 spiro atoms. The van der Waals surface area contributed by atoms with Gasteiger partial charge in [-0.25, -0.2) is 0 Å². The van der Waals surface area contributed by atoms with E-state index in [0.29, 0.717) is 12.1 Å². The first-order chi connectivity index (χ1) is 8.19.